The molecule has 2 fully saturated rings. The van der Waals surface area contributed by atoms with E-state index < -0.39 is 0 Å². The molecular formula is C13H25NO2. The van der Waals surface area contributed by atoms with Gasteiger partial charge in [-0.2, -0.15) is 0 Å². The van der Waals surface area contributed by atoms with E-state index in [9.17, 15) is 0 Å². The Bertz CT molecular complexity index is 196. The second-order valence-electron chi connectivity index (χ2n) is 5.40. The fourth-order valence-electron chi connectivity index (χ4n) is 2.76. The first kappa shape index (κ1) is 12.3. The number of ether oxygens (including phenoxy) is 2. The van der Waals surface area contributed by atoms with Gasteiger partial charge in [-0.1, -0.05) is 19.3 Å². The predicted octanol–water partition coefficient (Wildman–Crippen LogP) is 2.23. The summed E-state index contributed by atoms with van der Waals surface area (Å²) in [5.41, 5.74) is 6.26. The molecule has 0 amide bonds. The maximum Gasteiger partial charge on any atom is 0.0646 e. The first-order valence-electron chi connectivity index (χ1n) is 6.77. The molecular weight excluding hydrogens is 202 g/mol. The molecule has 1 unspecified atom stereocenters. The lowest BCUT2D eigenvalue weighted by Crippen LogP contribution is -2.46. The summed E-state index contributed by atoms with van der Waals surface area (Å²) in [6.07, 6.45) is 10.0. The number of rotatable bonds is 5. The molecule has 0 spiro atoms. The molecule has 1 aliphatic carbocycles. The zero-order chi connectivity index (χ0) is 11.3. The highest BCUT2D eigenvalue weighted by Crippen LogP contribution is 2.26. The maximum atomic E-state index is 6.30. The summed E-state index contributed by atoms with van der Waals surface area (Å²) in [5, 5.41) is 0. The lowest BCUT2D eigenvalue weighted by atomic mass is 9.83. The lowest BCUT2D eigenvalue weighted by Gasteiger charge is -2.33. The minimum Gasteiger partial charge on any atom is -0.379 e. The van der Waals surface area contributed by atoms with Crippen LogP contribution < -0.4 is 5.73 Å². The molecule has 1 heterocycles. The van der Waals surface area contributed by atoms with Gasteiger partial charge in [0.25, 0.3) is 0 Å². The van der Waals surface area contributed by atoms with Crippen LogP contribution in [0, 0.1) is 0 Å². The van der Waals surface area contributed by atoms with Crippen molar-refractivity contribution in [2.75, 3.05) is 19.8 Å². The molecule has 2 aliphatic rings. The van der Waals surface area contributed by atoms with Crippen molar-refractivity contribution in [3.63, 3.8) is 0 Å². The van der Waals surface area contributed by atoms with Gasteiger partial charge in [-0.3, -0.25) is 0 Å². The molecule has 2 rings (SSSR count). The first-order chi connectivity index (χ1) is 7.79. The molecule has 0 radical (unpaired) electrons. The van der Waals surface area contributed by atoms with Gasteiger partial charge in [0.05, 0.1) is 12.7 Å². The zero-order valence-electron chi connectivity index (χ0n) is 10.2. The van der Waals surface area contributed by atoms with Crippen molar-refractivity contribution in [3.8, 4) is 0 Å². The van der Waals surface area contributed by atoms with Gasteiger partial charge < -0.3 is 15.2 Å². The van der Waals surface area contributed by atoms with Gasteiger partial charge in [-0.25, -0.2) is 0 Å². The molecule has 1 saturated heterocycles. The molecule has 0 aromatic heterocycles. The first-order valence-corrected chi connectivity index (χ1v) is 6.77. The van der Waals surface area contributed by atoms with Crippen LogP contribution in [0.15, 0.2) is 0 Å². The topological polar surface area (TPSA) is 44.5 Å². The normalized spacial score (nSPS) is 29.4. The van der Waals surface area contributed by atoms with Gasteiger partial charge in [-0.05, 0) is 32.1 Å². The summed E-state index contributed by atoms with van der Waals surface area (Å²) >= 11 is 0. The highest BCUT2D eigenvalue weighted by Gasteiger charge is 2.27. The van der Waals surface area contributed by atoms with Crippen molar-refractivity contribution < 1.29 is 9.47 Å². The van der Waals surface area contributed by atoms with Crippen molar-refractivity contribution in [2.45, 2.75) is 63.0 Å². The molecule has 1 saturated carbocycles. The summed E-state index contributed by atoms with van der Waals surface area (Å²) in [4.78, 5) is 0. The molecule has 1 aliphatic heterocycles. The van der Waals surface area contributed by atoms with Crippen LogP contribution in [0.4, 0.5) is 0 Å². The summed E-state index contributed by atoms with van der Waals surface area (Å²) < 4.78 is 11.3. The highest BCUT2D eigenvalue weighted by atomic mass is 16.5. The van der Waals surface area contributed by atoms with Crippen LogP contribution in [0.5, 0.6) is 0 Å². The van der Waals surface area contributed by atoms with Crippen molar-refractivity contribution in [1.29, 1.82) is 0 Å². The standard InChI is InChI=1S/C13H25NO2/c14-13(7-2-1-3-8-13)11-15-10-6-12-5-4-9-16-12/h12H,1-11,14H2. The third-order valence-electron chi connectivity index (χ3n) is 3.85. The van der Waals surface area contributed by atoms with Crippen molar-refractivity contribution in [1.82, 2.24) is 0 Å². The number of hydrogen-bond donors (Lipinski definition) is 1. The van der Waals surface area contributed by atoms with E-state index in [1.54, 1.807) is 0 Å². The molecule has 2 N–H and O–H groups in total. The van der Waals surface area contributed by atoms with Crippen LogP contribution in [-0.4, -0.2) is 31.5 Å². The van der Waals surface area contributed by atoms with E-state index in [4.69, 9.17) is 15.2 Å². The average molecular weight is 227 g/mol. The van der Waals surface area contributed by atoms with E-state index in [1.165, 1.54) is 32.1 Å². The summed E-state index contributed by atoms with van der Waals surface area (Å²) in [6, 6.07) is 0. The van der Waals surface area contributed by atoms with E-state index in [1.807, 2.05) is 0 Å². The monoisotopic (exact) mass is 227 g/mol. The Hall–Kier alpha value is -0.120. The fraction of sp³-hybridized carbons (Fsp3) is 1.00. The second-order valence-corrected chi connectivity index (χ2v) is 5.40. The quantitative estimate of drug-likeness (QED) is 0.733. The summed E-state index contributed by atoms with van der Waals surface area (Å²) in [6.45, 7) is 2.48. The maximum absolute atomic E-state index is 6.30. The summed E-state index contributed by atoms with van der Waals surface area (Å²) in [5.74, 6) is 0. The Kier molecular flexibility index (Phi) is 4.62. The van der Waals surface area contributed by atoms with Gasteiger partial charge >= 0.3 is 0 Å². The number of hydrogen-bond acceptors (Lipinski definition) is 3. The fourth-order valence-corrected chi connectivity index (χ4v) is 2.76. The predicted molar refractivity (Wildman–Crippen MR) is 64.4 cm³/mol. The Morgan fingerprint density at radius 1 is 1.19 bits per heavy atom. The number of nitrogens with two attached hydrogens (primary N) is 1. The SMILES string of the molecule is NC1(COCCC2CCCO2)CCCCC1. The van der Waals surface area contributed by atoms with Gasteiger partial charge in [0.15, 0.2) is 0 Å². The third kappa shape index (κ3) is 3.72. The Morgan fingerprint density at radius 3 is 2.69 bits per heavy atom. The van der Waals surface area contributed by atoms with E-state index in [-0.39, 0.29) is 5.54 Å². The highest BCUT2D eigenvalue weighted by molar-refractivity contribution is 4.86. The molecule has 0 aromatic carbocycles. The zero-order valence-corrected chi connectivity index (χ0v) is 10.2. The largest absolute Gasteiger partial charge is 0.379 e. The third-order valence-corrected chi connectivity index (χ3v) is 3.85. The van der Waals surface area contributed by atoms with Crippen LogP contribution in [0.1, 0.15) is 51.4 Å². The van der Waals surface area contributed by atoms with Gasteiger partial charge in [0, 0.05) is 18.8 Å². The molecule has 3 nitrogen and oxygen atoms in total. The smallest absolute Gasteiger partial charge is 0.0646 e. The van der Waals surface area contributed by atoms with Crippen molar-refractivity contribution in [3.05, 3.63) is 0 Å². The lowest BCUT2D eigenvalue weighted by molar-refractivity contribution is 0.0329. The second kappa shape index (κ2) is 5.99. The molecule has 3 heteroatoms. The van der Waals surface area contributed by atoms with Crippen molar-refractivity contribution in [2.24, 2.45) is 5.73 Å². The minimum atomic E-state index is -0.0330. The Balaban J connectivity index is 1.56. The van der Waals surface area contributed by atoms with Gasteiger partial charge in [0.2, 0.25) is 0 Å². The average Bonchev–Trinajstić information content (AvgIpc) is 2.78. The molecule has 1 atom stereocenters. The van der Waals surface area contributed by atoms with Crippen LogP contribution >= 0.6 is 0 Å². The molecule has 0 aromatic rings. The van der Waals surface area contributed by atoms with E-state index in [0.717, 1.165) is 39.1 Å². The molecule has 16 heavy (non-hydrogen) atoms. The van der Waals surface area contributed by atoms with E-state index >= 15 is 0 Å². The minimum absolute atomic E-state index is 0.0330. The van der Waals surface area contributed by atoms with Crippen molar-refractivity contribution >= 4 is 0 Å². The van der Waals surface area contributed by atoms with Gasteiger partial charge in [0.1, 0.15) is 0 Å². The van der Waals surface area contributed by atoms with E-state index in [2.05, 4.69) is 0 Å². The molecule has 0 bridgehead atoms. The van der Waals surface area contributed by atoms with Crippen LogP contribution in [-0.2, 0) is 9.47 Å². The van der Waals surface area contributed by atoms with Crippen LogP contribution in [0.2, 0.25) is 0 Å². The Morgan fingerprint density at radius 2 is 2.00 bits per heavy atom. The Labute approximate surface area is 98.7 Å². The van der Waals surface area contributed by atoms with Crippen LogP contribution in [0.3, 0.4) is 0 Å². The van der Waals surface area contributed by atoms with Crippen LogP contribution in [0.25, 0.3) is 0 Å². The summed E-state index contributed by atoms with van der Waals surface area (Å²) in [7, 11) is 0. The van der Waals surface area contributed by atoms with Gasteiger partial charge in [-0.15, -0.1) is 0 Å². The molecule has 94 valence electrons. The van der Waals surface area contributed by atoms with E-state index in [0.29, 0.717) is 6.10 Å².